The number of rotatable bonds is 7. The number of furan rings is 1. The van der Waals surface area contributed by atoms with Gasteiger partial charge in [-0.15, -0.1) is 0 Å². The van der Waals surface area contributed by atoms with Crippen LogP contribution in [0, 0.1) is 6.92 Å². The Morgan fingerprint density at radius 2 is 1.64 bits per heavy atom. The van der Waals surface area contributed by atoms with Crippen LogP contribution in [-0.4, -0.2) is 11.6 Å². The van der Waals surface area contributed by atoms with E-state index >= 15 is 0 Å². The molecule has 0 fully saturated rings. The Kier molecular flexibility index (Phi) is 5.09. The molecule has 2 aromatic carbocycles. The lowest BCUT2D eigenvalue weighted by Gasteiger charge is -2.07. The van der Waals surface area contributed by atoms with E-state index in [1.54, 1.807) is 37.3 Å². The van der Waals surface area contributed by atoms with Crippen molar-refractivity contribution in [3.05, 3.63) is 89.4 Å². The topological polar surface area (TPSA) is 56.5 Å². The lowest BCUT2D eigenvalue weighted by molar-refractivity contribution is 0.0893. The normalized spacial score (nSPS) is 10.4. The molecule has 0 radical (unpaired) electrons. The van der Waals surface area contributed by atoms with Crippen molar-refractivity contribution < 1.29 is 18.7 Å². The number of hydrogen-bond acceptors (Lipinski definition) is 4. The highest BCUT2D eigenvalue weighted by Gasteiger charge is 2.17. The quantitative estimate of drug-likeness (QED) is 0.467. The number of Topliss-reactive ketones (excluding diaryl/α,β-unsaturated/α-hetero) is 2. The molecule has 4 heteroatoms. The monoisotopic (exact) mass is 334 g/mol. The average molecular weight is 334 g/mol. The van der Waals surface area contributed by atoms with E-state index in [0.29, 0.717) is 29.2 Å². The Morgan fingerprint density at radius 1 is 0.920 bits per heavy atom. The molecule has 25 heavy (non-hydrogen) atoms. The zero-order chi connectivity index (χ0) is 17.6. The average Bonchev–Trinajstić information content (AvgIpc) is 3.07. The summed E-state index contributed by atoms with van der Waals surface area (Å²) in [5.41, 5.74) is 2.02. The molecule has 4 nitrogen and oxygen atoms in total. The van der Waals surface area contributed by atoms with E-state index in [9.17, 15) is 9.59 Å². The van der Waals surface area contributed by atoms with Gasteiger partial charge in [-0.05, 0) is 42.8 Å². The van der Waals surface area contributed by atoms with Crippen LogP contribution in [0.25, 0.3) is 0 Å². The molecule has 0 atom stereocenters. The highest BCUT2D eigenvalue weighted by Crippen LogP contribution is 2.17. The van der Waals surface area contributed by atoms with Gasteiger partial charge in [-0.25, -0.2) is 0 Å². The summed E-state index contributed by atoms with van der Waals surface area (Å²) in [6.45, 7) is 2.17. The fourth-order valence-corrected chi connectivity index (χ4v) is 2.50. The van der Waals surface area contributed by atoms with Gasteiger partial charge >= 0.3 is 0 Å². The molecular weight excluding hydrogens is 316 g/mol. The maximum absolute atomic E-state index is 12.3. The second-order valence-corrected chi connectivity index (χ2v) is 5.71. The molecule has 0 aliphatic rings. The van der Waals surface area contributed by atoms with Crippen molar-refractivity contribution in [3.8, 4) is 5.75 Å². The van der Waals surface area contributed by atoms with Crippen molar-refractivity contribution in [2.24, 2.45) is 0 Å². The molecule has 1 aromatic heterocycles. The largest absolute Gasteiger partial charge is 0.489 e. The van der Waals surface area contributed by atoms with E-state index in [2.05, 4.69) is 0 Å². The van der Waals surface area contributed by atoms with Gasteiger partial charge in [-0.3, -0.25) is 9.59 Å². The van der Waals surface area contributed by atoms with Crippen molar-refractivity contribution in [1.82, 2.24) is 0 Å². The molecule has 1 heterocycles. The molecule has 0 unspecified atom stereocenters. The van der Waals surface area contributed by atoms with Crippen LogP contribution in [0.1, 0.15) is 38.5 Å². The Bertz CT molecular complexity index is 860. The van der Waals surface area contributed by atoms with E-state index in [1.165, 1.54) is 6.26 Å². The molecule has 0 N–H and O–H groups in total. The number of aryl methyl sites for hydroxylation is 1. The molecule has 0 bridgehead atoms. The molecule has 0 amide bonds. The number of carbonyl (C=O) groups excluding carboxylic acids is 2. The van der Waals surface area contributed by atoms with Crippen molar-refractivity contribution in [3.63, 3.8) is 0 Å². The van der Waals surface area contributed by atoms with Crippen molar-refractivity contribution in [2.45, 2.75) is 20.0 Å². The number of benzene rings is 2. The first-order valence-electron chi connectivity index (χ1n) is 8.01. The zero-order valence-electron chi connectivity index (χ0n) is 13.9. The van der Waals surface area contributed by atoms with Crippen LogP contribution in [0.15, 0.2) is 71.3 Å². The molecule has 0 saturated carbocycles. The summed E-state index contributed by atoms with van der Waals surface area (Å²) in [5.74, 6) is 0.751. The summed E-state index contributed by atoms with van der Waals surface area (Å²) in [6, 6.07) is 18.3. The summed E-state index contributed by atoms with van der Waals surface area (Å²) >= 11 is 0. The van der Waals surface area contributed by atoms with Crippen LogP contribution < -0.4 is 4.74 Å². The fraction of sp³-hybridized carbons (Fsp3) is 0.143. The lowest BCUT2D eigenvalue weighted by Crippen LogP contribution is -2.08. The number of ether oxygens (including phenoxy) is 1. The summed E-state index contributed by atoms with van der Waals surface area (Å²) in [7, 11) is 0. The van der Waals surface area contributed by atoms with Gasteiger partial charge in [0.2, 0.25) is 0 Å². The van der Waals surface area contributed by atoms with Gasteiger partial charge in [0.15, 0.2) is 11.6 Å². The van der Waals surface area contributed by atoms with Crippen LogP contribution in [0.5, 0.6) is 5.75 Å². The standard InChI is InChI=1S/C21H18O4/c1-15-19(11-12-24-15)21(23)13-20(22)17-7-9-18(10-8-17)25-14-16-5-3-2-4-6-16/h2-12H,13-14H2,1H3. The van der Waals surface area contributed by atoms with Gasteiger partial charge in [0, 0.05) is 5.56 Å². The van der Waals surface area contributed by atoms with E-state index in [1.807, 2.05) is 30.3 Å². The smallest absolute Gasteiger partial charge is 0.174 e. The van der Waals surface area contributed by atoms with Crippen LogP contribution in [0.3, 0.4) is 0 Å². The predicted molar refractivity (Wildman–Crippen MR) is 93.9 cm³/mol. The van der Waals surface area contributed by atoms with Crippen molar-refractivity contribution in [2.75, 3.05) is 0 Å². The van der Waals surface area contributed by atoms with Gasteiger partial charge in [0.25, 0.3) is 0 Å². The third-order valence-corrected chi connectivity index (χ3v) is 3.90. The molecule has 3 aromatic rings. The minimum Gasteiger partial charge on any atom is -0.489 e. The van der Waals surface area contributed by atoms with Crippen molar-refractivity contribution in [1.29, 1.82) is 0 Å². The maximum Gasteiger partial charge on any atom is 0.174 e. The number of hydrogen-bond donors (Lipinski definition) is 0. The third kappa shape index (κ3) is 4.23. The highest BCUT2D eigenvalue weighted by atomic mass is 16.5. The van der Waals surface area contributed by atoms with Gasteiger partial charge in [-0.1, -0.05) is 30.3 Å². The van der Waals surface area contributed by atoms with Crippen LogP contribution in [0.4, 0.5) is 0 Å². The summed E-state index contributed by atoms with van der Waals surface area (Å²) in [4.78, 5) is 24.4. The number of ketones is 2. The molecule has 0 aliphatic heterocycles. The summed E-state index contributed by atoms with van der Waals surface area (Å²) in [5, 5.41) is 0. The van der Waals surface area contributed by atoms with Gasteiger partial charge < -0.3 is 9.15 Å². The highest BCUT2D eigenvalue weighted by molar-refractivity contribution is 6.13. The lowest BCUT2D eigenvalue weighted by atomic mass is 10.0. The van der Waals surface area contributed by atoms with Crippen LogP contribution in [-0.2, 0) is 6.61 Å². The third-order valence-electron chi connectivity index (χ3n) is 3.90. The SMILES string of the molecule is Cc1occc1C(=O)CC(=O)c1ccc(OCc2ccccc2)cc1. The Morgan fingerprint density at radius 3 is 2.28 bits per heavy atom. The van der Waals surface area contributed by atoms with Crippen molar-refractivity contribution >= 4 is 11.6 Å². The Hall–Kier alpha value is -3.14. The Balaban J connectivity index is 1.59. The van der Waals surface area contributed by atoms with E-state index in [0.717, 1.165) is 5.56 Å². The van der Waals surface area contributed by atoms with Crippen LogP contribution >= 0.6 is 0 Å². The molecule has 0 spiro atoms. The van der Waals surface area contributed by atoms with Gasteiger partial charge in [0.05, 0.1) is 18.2 Å². The first-order valence-corrected chi connectivity index (χ1v) is 8.01. The van der Waals surface area contributed by atoms with E-state index < -0.39 is 0 Å². The Labute approximate surface area is 146 Å². The zero-order valence-corrected chi connectivity index (χ0v) is 13.9. The van der Waals surface area contributed by atoms with Gasteiger partial charge in [-0.2, -0.15) is 0 Å². The molecule has 126 valence electrons. The maximum atomic E-state index is 12.3. The number of carbonyl (C=O) groups is 2. The van der Waals surface area contributed by atoms with Gasteiger partial charge in [0.1, 0.15) is 18.1 Å². The second-order valence-electron chi connectivity index (χ2n) is 5.71. The summed E-state index contributed by atoms with van der Waals surface area (Å²) in [6.07, 6.45) is 1.27. The second kappa shape index (κ2) is 7.62. The molecule has 0 aliphatic carbocycles. The van der Waals surface area contributed by atoms with Crippen LogP contribution in [0.2, 0.25) is 0 Å². The minimum atomic E-state index is -0.236. The summed E-state index contributed by atoms with van der Waals surface area (Å²) < 4.78 is 10.8. The first kappa shape index (κ1) is 16.7. The molecular formula is C21H18O4. The van der Waals surface area contributed by atoms with E-state index in [4.69, 9.17) is 9.15 Å². The molecule has 0 saturated heterocycles. The minimum absolute atomic E-state index is 0.176. The predicted octanol–water partition coefficient (Wildman–Crippen LogP) is 4.62. The fourth-order valence-electron chi connectivity index (χ4n) is 2.50. The first-order chi connectivity index (χ1) is 12.1. The molecule has 3 rings (SSSR count). The van der Waals surface area contributed by atoms with E-state index in [-0.39, 0.29) is 18.0 Å².